The van der Waals surface area contributed by atoms with Gasteiger partial charge in [0.25, 0.3) is 0 Å². The Morgan fingerprint density at radius 1 is 1.19 bits per heavy atom. The standard InChI is InChI=1S/C16H18N4S/c17-12-5-7-20(8-6-12)16-10-13(18-19-16)15-9-11-3-1-2-4-14(11)21-15/h1-4,9-10,12H,5-8,17H2,(H,18,19). The quantitative estimate of drug-likeness (QED) is 0.763. The molecule has 0 amide bonds. The van der Waals surface area contributed by atoms with Gasteiger partial charge in [-0.3, -0.25) is 5.10 Å². The van der Waals surface area contributed by atoms with Crippen molar-refractivity contribution in [3.8, 4) is 10.6 Å². The van der Waals surface area contributed by atoms with Crippen LogP contribution in [0.2, 0.25) is 0 Å². The summed E-state index contributed by atoms with van der Waals surface area (Å²) in [6, 6.07) is 13.2. The molecule has 0 bridgehead atoms. The third-order valence-corrected chi connectivity index (χ3v) is 5.27. The number of fused-ring (bicyclic) bond motifs is 1. The molecular weight excluding hydrogens is 280 g/mol. The van der Waals surface area contributed by atoms with Crippen LogP contribution in [0.4, 0.5) is 5.82 Å². The van der Waals surface area contributed by atoms with E-state index < -0.39 is 0 Å². The average molecular weight is 298 g/mol. The molecule has 1 saturated heterocycles. The molecule has 1 fully saturated rings. The Hall–Kier alpha value is -1.85. The highest BCUT2D eigenvalue weighted by atomic mass is 32.1. The summed E-state index contributed by atoms with van der Waals surface area (Å²) in [7, 11) is 0. The zero-order chi connectivity index (χ0) is 14.2. The number of anilines is 1. The molecule has 1 aliphatic heterocycles. The molecule has 21 heavy (non-hydrogen) atoms. The van der Waals surface area contributed by atoms with Crippen LogP contribution in [0.25, 0.3) is 20.7 Å². The summed E-state index contributed by atoms with van der Waals surface area (Å²) in [5, 5.41) is 8.95. The number of nitrogens with zero attached hydrogens (tertiary/aromatic N) is 2. The fraction of sp³-hybridized carbons (Fsp3) is 0.312. The summed E-state index contributed by atoms with van der Waals surface area (Å²) in [5.41, 5.74) is 7.06. The number of hydrogen-bond donors (Lipinski definition) is 2. The predicted molar refractivity (Wildman–Crippen MR) is 88.8 cm³/mol. The number of piperidine rings is 1. The van der Waals surface area contributed by atoms with Crippen molar-refractivity contribution < 1.29 is 0 Å². The number of benzene rings is 1. The summed E-state index contributed by atoms with van der Waals surface area (Å²) in [4.78, 5) is 3.56. The SMILES string of the molecule is NC1CCN(c2cc(-c3cc4ccccc4s3)[nH]n2)CC1. The average Bonchev–Trinajstić information content (AvgIpc) is 3.14. The van der Waals surface area contributed by atoms with Crippen LogP contribution in [-0.2, 0) is 0 Å². The van der Waals surface area contributed by atoms with Crippen molar-refractivity contribution in [1.29, 1.82) is 0 Å². The molecule has 0 unspecified atom stereocenters. The van der Waals surface area contributed by atoms with E-state index in [1.54, 1.807) is 11.3 Å². The van der Waals surface area contributed by atoms with E-state index in [2.05, 4.69) is 51.5 Å². The molecule has 1 aliphatic rings. The van der Waals surface area contributed by atoms with Crippen molar-refractivity contribution in [1.82, 2.24) is 10.2 Å². The van der Waals surface area contributed by atoms with Gasteiger partial charge in [-0.25, -0.2) is 0 Å². The zero-order valence-corrected chi connectivity index (χ0v) is 12.6. The number of thiophene rings is 1. The second-order valence-corrected chi connectivity index (χ2v) is 6.70. The second kappa shape index (κ2) is 5.16. The molecule has 2 aromatic heterocycles. The molecule has 108 valence electrons. The summed E-state index contributed by atoms with van der Waals surface area (Å²) < 4.78 is 1.31. The van der Waals surface area contributed by atoms with Crippen molar-refractivity contribution in [2.75, 3.05) is 18.0 Å². The molecule has 0 saturated carbocycles. The summed E-state index contributed by atoms with van der Waals surface area (Å²) in [6.45, 7) is 2.00. The highest BCUT2D eigenvalue weighted by Crippen LogP contribution is 2.33. The molecule has 0 spiro atoms. The van der Waals surface area contributed by atoms with Crippen LogP contribution >= 0.6 is 11.3 Å². The first-order valence-corrected chi connectivity index (χ1v) is 8.16. The molecule has 0 aliphatic carbocycles. The minimum atomic E-state index is 0.349. The Morgan fingerprint density at radius 2 is 2.00 bits per heavy atom. The number of nitrogens with one attached hydrogen (secondary N) is 1. The lowest BCUT2D eigenvalue weighted by atomic mass is 10.1. The van der Waals surface area contributed by atoms with Gasteiger partial charge >= 0.3 is 0 Å². The van der Waals surface area contributed by atoms with E-state index in [4.69, 9.17) is 5.73 Å². The van der Waals surface area contributed by atoms with E-state index >= 15 is 0 Å². The highest BCUT2D eigenvalue weighted by Gasteiger charge is 2.18. The van der Waals surface area contributed by atoms with Crippen LogP contribution in [0.15, 0.2) is 36.4 Å². The van der Waals surface area contributed by atoms with E-state index in [0.29, 0.717) is 6.04 Å². The van der Waals surface area contributed by atoms with Gasteiger partial charge in [-0.15, -0.1) is 11.3 Å². The lowest BCUT2D eigenvalue weighted by Gasteiger charge is -2.29. The molecule has 0 atom stereocenters. The lowest BCUT2D eigenvalue weighted by molar-refractivity contribution is 0.498. The van der Waals surface area contributed by atoms with Crippen molar-refractivity contribution in [3.63, 3.8) is 0 Å². The molecular formula is C16H18N4S. The molecule has 4 nitrogen and oxygen atoms in total. The minimum absolute atomic E-state index is 0.349. The first kappa shape index (κ1) is 12.9. The number of H-pyrrole nitrogens is 1. The number of aromatic nitrogens is 2. The maximum atomic E-state index is 5.96. The Morgan fingerprint density at radius 3 is 2.81 bits per heavy atom. The molecule has 0 radical (unpaired) electrons. The van der Waals surface area contributed by atoms with Gasteiger partial charge < -0.3 is 10.6 Å². The molecule has 3 aromatic rings. The third-order valence-electron chi connectivity index (χ3n) is 4.12. The minimum Gasteiger partial charge on any atom is -0.355 e. The Bertz CT molecular complexity index is 719. The van der Waals surface area contributed by atoms with Gasteiger partial charge in [-0.2, -0.15) is 5.10 Å². The second-order valence-electron chi connectivity index (χ2n) is 5.61. The van der Waals surface area contributed by atoms with Gasteiger partial charge in [0.15, 0.2) is 5.82 Å². The Balaban J connectivity index is 1.61. The van der Waals surface area contributed by atoms with Crippen LogP contribution in [0.5, 0.6) is 0 Å². The molecule has 5 heteroatoms. The summed E-state index contributed by atoms with van der Waals surface area (Å²) in [6.07, 6.45) is 2.09. The fourth-order valence-electron chi connectivity index (χ4n) is 2.84. The number of hydrogen-bond acceptors (Lipinski definition) is 4. The first-order valence-electron chi connectivity index (χ1n) is 7.34. The Kier molecular flexibility index (Phi) is 3.16. The highest BCUT2D eigenvalue weighted by molar-refractivity contribution is 7.22. The van der Waals surface area contributed by atoms with Gasteiger partial charge in [0.05, 0.1) is 10.6 Å². The van der Waals surface area contributed by atoms with Crippen molar-refractivity contribution >= 4 is 27.2 Å². The van der Waals surface area contributed by atoms with Gasteiger partial charge in [0.1, 0.15) is 0 Å². The maximum absolute atomic E-state index is 5.96. The molecule has 3 N–H and O–H groups in total. The van der Waals surface area contributed by atoms with E-state index in [1.807, 2.05) is 0 Å². The summed E-state index contributed by atoms with van der Waals surface area (Å²) >= 11 is 1.80. The van der Waals surface area contributed by atoms with Crippen molar-refractivity contribution in [2.45, 2.75) is 18.9 Å². The lowest BCUT2D eigenvalue weighted by Crippen LogP contribution is -2.39. The number of nitrogens with two attached hydrogens (primary N) is 1. The third kappa shape index (κ3) is 2.43. The normalized spacial score (nSPS) is 16.7. The van der Waals surface area contributed by atoms with Gasteiger partial charge in [-0.05, 0) is 30.4 Å². The van der Waals surface area contributed by atoms with Crippen molar-refractivity contribution in [2.24, 2.45) is 5.73 Å². The van der Waals surface area contributed by atoms with Crippen LogP contribution < -0.4 is 10.6 Å². The molecule has 4 rings (SSSR count). The van der Waals surface area contributed by atoms with Gasteiger partial charge in [-0.1, -0.05) is 18.2 Å². The summed E-state index contributed by atoms with van der Waals surface area (Å²) in [5.74, 6) is 1.04. The smallest absolute Gasteiger partial charge is 0.151 e. The Labute approximate surface area is 127 Å². The molecule has 1 aromatic carbocycles. The molecule has 3 heterocycles. The van der Waals surface area contributed by atoms with Gasteiger partial charge in [0, 0.05) is 29.9 Å². The number of aromatic amines is 1. The largest absolute Gasteiger partial charge is 0.355 e. The van der Waals surface area contributed by atoms with Crippen LogP contribution in [0.1, 0.15) is 12.8 Å². The topological polar surface area (TPSA) is 57.9 Å². The van der Waals surface area contributed by atoms with Crippen LogP contribution in [0, 0.1) is 0 Å². The fourth-order valence-corrected chi connectivity index (χ4v) is 3.87. The zero-order valence-electron chi connectivity index (χ0n) is 11.7. The van der Waals surface area contributed by atoms with Crippen LogP contribution in [-0.4, -0.2) is 29.3 Å². The van der Waals surface area contributed by atoms with E-state index in [-0.39, 0.29) is 0 Å². The van der Waals surface area contributed by atoms with E-state index in [0.717, 1.165) is 37.4 Å². The van der Waals surface area contributed by atoms with E-state index in [1.165, 1.54) is 15.0 Å². The van der Waals surface area contributed by atoms with Gasteiger partial charge in [0.2, 0.25) is 0 Å². The maximum Gasteiger partial charge on any atom is 0.151 e. The van der Waals surface area contributed by atoms with Crippen LogP contribution in [0.3, 0.4) is 0 Å². The van der Waals surface area contributed by atoms with E-state index in [9.17, 15) is 0 Å². The first-order chi connectivity index (χ1) is 10.3. The number of rotatable bonds is 2. The van der Waals surface area contributed by atoms with Crippen molar-refractivity contribution in [3.05, 3.63) is 36.4 Å². The predicted octanol–water partition coefficient (Wildman–Crippen LogP) is 3.22. The monoisotopic (exact) mass is 298 g/mol.